The number of halogens is 3. The summed E-state index contributed by atoms with van der Waals surface area (Å²) in [4.78, 5) is 37.6. The van der Waals surface area contributed by atoms with Gasteiger partial charge in [0.25, 0.3) is 5.91 Å². The molecule has 0 radical (unpaired) electrons. The maximum atomic E-state index is 14.8. The molecule has 5 N–H and O–H groups in total. The van der Waals surface area contributed by atoms with Gasteiger partial charge in [0.2, 0.25) is 0 Å². The summed E-state index contributed by atoms with van der Waals surface area (Å²) in [6.07, 6.45) is -2.36. The number of alkyl halides is 3. The lowest BCUT2D eigenvalue weighted by molar-refractivity contribution is -0.274. The van der Waals surface area contributed by atoms with Crippen molar-refractivity contribution in [2.75, 3.05) is 23.8 Å². The first-order valence-corrected chi connectivity index (χ1v) is 19.6. The van der Waals surface area contributed by atoms with Crippen LogP contribution in [0, 0.1) is 0 Å². The fraction of sp³-hybridized carbons (Fsp3) is 0.167. The number of carbonyl (C=O) groups is 2. The van der Waals surface area contributed by atoms with Crippen molar-refractivity contribution in [1.29, 1.82) is 0 Å². The standard InChI is InChI=1S/C36H33F3N8O7S2/c1-23(25-17-19-40-31(21-25)45-55(50,51)43-27-9-5-3-6-10-27)35(33(48)47(34(49)42-35)29-13-15-30(16-14-29)54-36(37,38)39)24(2)26-18-20-41-32(22-26)46-56(52,53)44-28-11-7-4-8-12-28/h3-24,43-44H,1-2H3,(H,40,45)(H,41,46)(H,42,49). The van der Waals surface area contributed by atoms with Gasteiger partial charge in [-0.15, -0.1) is 13.2 Å². The number of imide groups is 1. The smallest absolute Gasteiger partial charge is 0.406 e. The number of hydrogen-bond donors (Lipinski definition) is 5. The van der Waals surface area contributed by atoms with Gasteiger partial charge in [-0.05, 0) is 83.9 Å². The van der Waals surface area contributed by atoms with Gasteiger partial charge >= 0.3 is 32.8 Å². The number of urea groups is 1. The fourth-order valence-electron chi connectivity index (χ4n) is 6.28. The third-order valence-corrected chi connectivity index (χ3v) is 10.8. The van der Waals surface area contributed by atoms with Crippen LogP contribution in [0.15, 0.2) is 122 Å². The Balaban J connectivity index is 1.36. The molecule has 20 heteroatoms. The van der Waals surface area contributed by atoms with Crippen LogP contribution in [-0.4, -0.2) is 50.6 Å². The largest absolute Gasteiger partial charge is 0.573 e. The first kappa shape index (κ1) is 39.3. The number of amides is 3. The normalized spacial score (nSPS) is 17.1. The van der Waals surface area contributed by atoms with Crippen LogP contribution in [0.4, 0.5) is 46.7 Å². The Morgan fingerprint density at radius 1 is 0.679 bits per heavy atom. The molecule has 15 nitrogen and oxygen atoms in total. The summed E-state index contributed by atoms with van der Waals surface area (Å²) in [5.74, 6) is -3.58. The molecule has 6 rings (SSSR count). The van der Waals surface area contributed by atoms with Gasteiger partial charge in [-0.1, -0.05) is 50.2 Å². The molecule has 2 aromatic heterocycles. The van der Waals surface area contributed by atoms with Crippen LogP contribution in [0.25, 0.3) is 0 Å². The monoisotopic (exact) mass is 810 g/mol. The lowest BCUT2D eigenvalue weighted by atomic mass is 9.70. The minimum Gasteiger partial charge on any atom is -0.406 e. The fourth-order valence-corrected chi connectivity index (χ4v) is 8.04. The number of ether oxygens (including phenoxy) is 1. The first-order chi connectivity index (χ1) is 26.4. The highest BCUT2D eigenvalue weighted by atomic mass is 32.2. The second-order valence-corrected chi connectivity index (χ2v) is 15.4. The number of para-hydroxylation sites is 2. The molecule has 3 aromatic carbocycles. The molecule has 1 aliphatic rings. The summed E-state index contributed by atoms with van der Waals surface area (Å²) in [6, 6.07) is 25.2. The Morgan fingerprint density at radius 3 is 1.55 bits per heavy atom. The van der Waals surface area contributed by atoms with Gasteiger partial charge in [-0.25, -0.2) is 19.7 Å². The average Bonchev–Trinajstić information content (AvgIpc) is 3.40. The van der Waals surface area contributed by atoms with E-state index in [9.17, 15) is 39.6 Å². The van der Waals surface area contributed by atoms with Gasteiger partial charge < -0.3 is 10.1 Å². The van der Waals surface area contributed by atoms with Gasteiger partial charge in [-0.2, -0.15) is 16.8 Å². The van der Waals surface area contributed by atoms with E-state index in [1.165, 1.54) is 36.7 Å². The molecule has 292 valence electrons. The van der Waals surface area contributed by atoms with Gasteiger partial charge in [0, 0.05) is 24.2 Å². The molecule has 5 aromatic rings. The number of aromatic nitrogens is 2. The van der Waals surface area contributed by atoms with E-state index in [4.69, 9.17) is 0 Å². The number of benzene rings is 3. The summed E-state index contributed by atoms with van der Waals surface area (Å²) in [5.41, 5.74) is -0.702. The zero-order valence-corrected chi connectivity index (χ0v) is 31.0. The van der Waals surface area contributed by atoms with Crippen molar-refractivity contribution in [2.45, 2.75) is 37.6 Å². The highest BCUT2D eigenvalue weighted by Gasteiger charge is 2.59. The van der Waals surface area contributed by atoms with Crippen molar-refractivity contribution in [3.05, 3.63) is 133 Å². The lowest BCUT2D eigenvalue weighted by Gasteiger charge is -2.39. The Hall–Kier alpha value is -6.41. The van der Waals surface area contributed by atoms with Crippen LogP contribution in [0.1, 0.15) is 36.8 Å². The zero-order chi connectivity index (χ0) is 40.3. The number of hydrogen-bond acceptors (Lipinski definition) is 9. The van der Waals surface area contributed by atoms with E-state index in [0.29, 0.717) is 11.1 Å². The number of nitrogens with zero attached hydrogens (tertiary/aromatic N) is 3. The predicted octanol–water partition coefficient (Wildman–Crippen LogP) is 6.32. The maximum absolute atomic E-state index is 14.8. The summed E-state index contributed by atoms with van der Waals surface area (Å²) >= 11 is 0. The topological polar surface area (TPSA) is 201 Å². The molecule has 0 bridgehead atoms. The van der Waals surface area contributed by atoms with Crippen molar-refractivity contribution >= 4 is 61.1 Å². The van der Waals surface area contributed by atoms with E-state index in [2.05, 4.69) is 38.9 Å². The van der Waals surface area contributed by atoms with Crippen molar-refractivity contribution in [2.24, 2.45) is 0 Å². The summed E-state index contributed by atoms with van der Waals surface area (Å²) in [7, 11) is -8.40. The number of nitrogens with one attached hydrogen (secondary N) is 5. The van der Waals surface area contributed by atoms with E-state index in [1.54, 1.807) is 74.5 Å². The van der Waals surface area contributed by atoms with Gasteiger partial charge in [0.15, 0.2) is 0 Å². The van der Waals surface area contributed by atoms with Crippen LogP contribution in [0.2, 0.25) is 0 Å². The third kappa shape index (κ3) is 8.92. The summed E-state index contributed by atoms with van der Waals surface area (Å²) in [6.45, 7) is 3.23. The van der Waals surface area contributed by atoms with Crippen molar-refractivity contribution in [3.63, 3.8) is 0 Å². The van der Waals surface area contributed by atoms with Gasteiger partial charge in [0.05, 0.1) is 17.1 Å². The SMILES string of the molecule is CC(c1ccnc(NS(=O)(=O)Nc2ccccc2)c1)C1(C(C)c2ccnc(NS(=O)(=O)Nc3ccccc3)c2)NC(=O)N(c2ccc(OC(F)(F)F)cc2)C1=O. The third-order valence-electron chi connectivity index (χ3n) is 8.87. The minimum absolute atomic E-state index is 0.0753. The highest BCUT2D eigenvalue weighted by molar-refractivity contribution is 7.94. The van der Waals surface area contributed by atoms with Crippen LogP contribution in [-0.2, 0) is 25.2 Å². The molecule has 3 heterocycles. The molecule has 0 spiro atoms. The molecule has 3 amide bonds. The van der Waals surface area contributed by atoms with Crippen molar-refractivity contribution in [1.82, 2.24) is 15.3 Å². The predicted molar refractivity (Wildman–Crippen MR) is 202 cm³/mol. The molecule has 2 unspecified atom stereocenters. The van der Waals surface area contributed by atoms with Crippen molar-refractivity contribution in [3.8, 4) is 5.75 Å². The Morgan fingerprint density at radius 2 is 1.12 bits per heavy atom. The van der Waals surface area contributed by atoms with E-state index in [0.717, 1.165) is 29.2 Å². The molecule has 0 aliphatic carbocycles. The summed E-state index contributed by atoms with van der Waals surface area (Å²) in [5, 5.41) is 2.80. The highest BCUT2D eigenvalue weighted by Crippen LogP contribution is 2.45. The Kier molecular flexibility index (Phi) is 10.8. The Labute approximate surface area is 319 Å². The molecular weight excluding hydrogens is 778 g/mol. The molecule has 1 fully saturated rings. The van der Waals surface area contributed by atoms with E-state index in [-0.39, 0.29) is 28.7 Å². The Bertz CT molecular complexity index is 2320. The maximum Gasteiger partial charge on any atom is 0.573 e. The molecule has 0 saturated carbocycles. The average molecular weight is 811 g/mol. The molecule has 2 atom stereocenters. The zero-order valence-electron chi connectivity index (χ0n) is 29.4. The molecule has 56 heavy (non-hydrogen) atoms. The molecule has 1 aliphatic heterocycles. The minimum atomic E-state index is -4.98. The van der Waals surface area contributed by atoms with Gasteiger partial charge in [-0.3, -0.25) is 23.7 Å². The van der Waals surface area contributed by atoms with Crippen molar-refractivity contribution < 1.29 is 44.3 Å². The van der Waals surface area contributed by atoms with Gasteiger partial charge in [0.1, 0.15) is 22.9 Å². The quantitative estimate of drug-likeness (QED) is 0.0797. The molecule has 1 saturated heterocycles. The number of carbonyl (C=O) groups excluding carboxylic acids is 2. The van der Waals surface area contributed by atoms with Crippen LogP contribution < -0.4 is 33.8 Å². The van der Waals surface area contributed by atoms with E-state index in [1.807, 2.05) is 0 Å². The van der Waals surface area contributed by atoms with Crippen LogP contribution in [0.3, 0.4) is 0 Å². The van der Waals surface area contributed by atoms with Crippen LogP contribution >= 0.6 is 0 Å². The second kappa shape index (κ2) is 15.4. The number of pyridine rings is 2. The lowest BCUT2D eigenvalue weighted by Crippen LogP contribution is -2.55. The summed E-state index contributed by atoms with van der Waals surface area (Å²) < 4.78 is 104. The van der Waals surface area contributed by atoms with E-state index < -0.39 is 61.8 Å². The molecular formula is C36H33F3N8O7S2. The second-order valence-electron chi connectivity index (χ2n) is 12.5. The van der Waals surface area contributed by atoms with Crippen LogP contribution in [0.5, 0.6) is 5.75 Å². The first-order valence-electron chi connectivity index (χ1n) is 16.6. The number of rotatable bonds is 14. The van der Waals surface area contributed by atoms with E-state index >= 15 is 0 Å². The number of anilines is 5.